The van der Waals surface area contributed by atoms with Crippen LogP contribution in [0.2, 0.25) is 0 Å². The van der Waals surface area contributed by atoms with E-state index >= 15 is 0 Å². The zero-order chi connectivity index (χ0) is 23.2. The first-order valence-electron chi connectivity index (χ1n) is 9.88. The van der Waals surface area contributed by atoms with Crippen LogP contribution in [-0.4, -0.2) is 55.6 Å². The standard InChI is InChI=1S/C22H18FN5O3S2/c23-17-9-5-4-6-15(17)12-18-20(30)27(22(31)33-18)11-10-24-19(29)13-32-21-26-25-14-28(21)16-7-2-1-3-8-16/h1-9,12,14H,10-11,13H2,(H,24,29)/b18-12-. The van der Waals surface area contributed by atoms with E-state index < -0.39 is 17.0 Å². The number of para-hydroxylation sites is 1. The van der Waals surface area contributed by atoms with Crippen molar-refractivity contribution in [3.05, 3.63) is 77.2 Å². The van der Waals surface area contributed by atoms with Crippen LogP contribution in [0.25, 0.3) is 11.8 Å². The van der Waals surface area contributed by atoms with Crippen LogP contribution in [0.15, 0.2) is 71.0 Å². The topological polar surface area (TPSA) is 97.2 Å². The summed E-state index contributed by atoms with van der Waals surface area (Å²) in [5.74, 6) is -1.15. The lowest BCUT2D eigenvalue weighted by atomic mass is 10.2. The van der Waals surface area contributed by atoms with Gasteiger partial charge in [-0.05, 0) is 36.0 Å². The Balaban J connectivity index is 1.27. The van der Waals surface area contributed by atoms with Gasteiger partial charge in [-0.25, -0.2) is 4.39 Å². The van der Waals surface area contributed by atoms with Crippen molar-refractivity contribution in [2.45, 2.75) is 5.16 Å². The Morgan fingerprint density at radius 2 is 1.88 bits per heavy atom. The smallest absolute Gasteiger partial charge is 0.293 e. The number of halogens is 1. The number of amides is 3. The molecule has 0 radical (unpaired) electrons. The van der Waals surface area contributed by atoms with Gasteiger partial charge >= 0.3 is 0 Å². The second-order valence-corrected chi connectivity index (χ2v) is 8.75. The normalized spacial score (nSPS) is 14.8. The van der Waals surface area contributed by atoms with Gasteiger partial charge in [0.1, 0.15) is 12.1 Å². The van der Waals surface area contributed by atoms with Crippen LogP contribution in [0.5, 0.6) is 0 Å². The molecule has 2 heterocycles. The van der Waals surface area contributed by atoms with Gasteiger partial charge in [-0.1, -0.05) is 48.2 Å². The van der Waals surface area contributed by atoms with Gasteiger partial charge in [0.2, 0.25) is 5.91 Å². The third kappa shape index (κ3) is 5.49. The van der Waals surface area contributed by atoms with Crippen molar-refractivity contribution >= 4 is 46.7 Å². The highest BCUT2D eigenvalue weighted by Crippen LogP contribution is 2.32. The minimum atomic E-state index is -0.507. The van der Waals surface area contributed by atoms with Gasteiger partial charge in [-0.3, -0.25) is 23.9 Å². The van der Waals surface area contributed by atoms with E-state index in [1.165, 1.54) is 30.0 Å². The molecular weight excluding hydrogens is 465 g/mol. The largest absolute Gasteiger partial charge is 0.354 e. The maximum Gasteiger partial charge on any atom is 0.293 e. The second-order valence-electron chi connectivity index (χ2n) is 6.81. The Hall–Kier alpha value is -3.44. The Morgan fingerprint density at radius 3 is 2.67 bits per heavy atom. The minimum Gasteiger partial charge on any atom is -0.354 e. The molecule has 0 bridgehead atoms. The number of nitrogens with zero attached hydrogens (tertiary/aromatic N) is 4. The fraction of sp³-hybridized carbons (Fsp3) is 0.136. The third-order valence-electron chi connectivity index (χ3n) is 4.61. The average Bonchev–Trinajstić information content (AvgIpc) is 3.39. The molecule has 2 aromatic carbocycles. The summed E-state index contributed by atoms with van der Waals surface area (Å²) in [6, 6.07) is 15.5. The zero-order valence-corrected chi connectivity index (χ0v) is 18.8. The van der Waals surface area contributed by atoms with E-state index in [1.54, 1.807) is 23.0 Å². The lowest BCUT2D eigenvalue weighted by molar-refractivity contribution is -0.123. The predicted molar refractivity (Wildman–Crippen MR) is 124 cm³/mol. The quantitative estimate of drug-likeness (QED) is 0.388. The van der Waals surface area contributed by atoms with Crippen molar-refractivity contribution < 1.29 is 18.8 Å². The Labute approximate surface area is 197 Å². The van der Waals surface area contributed by atoms with Crippen LogP contribution in [0.4, 0.5) is 9.18 Å². The van der Waals surface area contributed by atoms with Gasteiger partial charge in [0, 0.05) is 24.3 Å². The molecule has 3 aromatic rings. The first kappa shape index (κ1) is 22.7. The van der Waals surface area contributed by atoms with Gasteiger partial charge in [0.15, 0.2) is 5.16 Å². The highest BCUT2D eigenvalue weighted by molar-refractivity contribution is 8.18. The lowest BCUT2D eigenvalue weighted by Crippen LogP contribution is -2.37. The summed E-state index contributed by atoms with van der Waals surface area (Å²) in [5, 5.41) is 10.7. The van der Waals surface area contributed by atoms with Crippen molar-refractivity contribution in [3.63, 3.8) is 0 Å². The van der Waals surface area contributed by atoms with E-state index in [0.717, 1.165) is 22.3 Å². The summed E-state index contributed by atoms with van der Waals surface area (Å²) >= 11 is 1.97. The van der Waals surface area contributed by atoms with E-state index in [2.05, 4.69) is 15.5 Å². The highest BCUT2D eigenvalue weighted by atomic mass is 32.2. The molecule has 1 aromatic heterocycles. The predicted octanol–water partition coefficient (Wildman–Crippen LogP) is 3.35. The fourth-order valence-corrected chi connectivity index (χ4v) is 4.62. The van der Waals surface area contributed by atoms with Crippen molar-refractivity contribution in [2.24, 2.45) is 0 Å². The third-order valence-corrected chi connectivity index (χ3v) is 6.46. The summed E-state index contributed by atoms with van der Waals surface area (Å²) in [4.78, 5) is 38.1. The SMILES string of the molecule is O=C(CSc1nncn1-c1ccccc1)NCCN1C(=O)S/C(=C\c2ccccc2F)C1=O. The molecular formula is C22H18FN5O3S2. The molecule has 1 fully saturated rings. The van der Waals surface area contributed by atoms with Gasteiger partial charge in [-0.2, -0.15) is 0 Å². The molecule has 0 atom stereocenters. The number of hydrogen-bond acceptors (Lipinski definition) is 7. The van der Waals surface area contributed by atoms with Crippen molar-refractivity contribution in [2.75, 3.05) is 18.8 Å². The lowest BCUT2D eigenvalue weighted by Gasteiger charge is -2.13. The van der Waals surface area contributed by atoms with Crippen molar-refractivity contribution in [1.82, 2.24) is 25.0 Å². The Kier molecular flexibility index (Phi) is 7.20. The monoisotopic (exact) mass is 483 g/mol. The molecule has 1 saturated heterocycles. The molecule has 3 amide bonds. The molecule has 168 valence electrons. The molecule has 0 unspecified atom stereocenters. The second kappa shape index (κ2) is 10.5. The van der Waals surface area contributed by atoms with Gasteiger partial charge in [0.25, 0.3) is 11.1 Å². The van der Waals surface area contributed by atoms with E-state index in [1.807, 2.05) is 30.3 Å². The van der Waals surface area contributed by atoms with Crippen LogP contribution in [0.3, 0.4) is 0 Å². The van der Waals surface area contributed by atoms with E-state index in [-0.39, 0.29) is 35.2 Å². The summed E-state index contributed by atoms with van der Waals surface area (Å²) in [7, 11) is 0. The number of thioether (sulfide) groups is 2. The molecule has 1 aliphatic rings. The van der Waals surface area contributed by atoms with Crippen LogP contribution >= 0.6 is 23.5 Å². The van der Waals surface area contributed by atoms with E-state index in [4.69, 9.17) is 0 Å². The number of nitrogens with one attached hydrogen (secondary N) is 1. The number of rotatable bonds is 8. The molecule has 8 nitrogen and oxygen atoms in total. The molecule has 4 rings (SSSR count). The van der Waals surface area contributed by atoms with Crippen LogP contribution in [0.1, 0.15) is 5.56 Å². The number of carbonyl (C=O) groups excluding carboxylic acids is 3. The zero-order valence-electron chi connectivity index (χ0n) is 17.2. The Morgan fingerprint density at radius 1 is 1.12 bits per heavy atom. The van der Waals surface area contributed by atoms with Crippen molar-refractivity contribution in [3.8, 4) is 5.69 Å². The molecule has 1 N–H and O–H groups in total. The van der Waals surface area contributed by atoms with Gasteiger partial charge in [0.05, 0.1) is 10.7 Å². The van der Waals surface area contributed by atoms with Crippen LogP contribution in [-0.2, 0) is 9.59 Å². The number of carbonyl (C=O) groups is 3. The van der Waals surface area contributed by atoms with Crippen molar-refractivity contribution in [1.29, 1.82) is 0 Å². The first-order valence-corrected chi connectivity index (χ1v) is 11.7. The van der Waals surface area contributed by atoms with Crippen LogP contribution < -0.4 is 5.32 Å². The average molecular weight is 484 g/mol. The maximum atomic E-state index is 13.8. The minimum absolute atomic E-state index is 0.0237. The van der Waals surface area contributed by atoms with E-state index in [9.17, 15) is 18.8 Å². The number of hydrogen-bond donors (Lipinski definition) is 1. The number of benzene rings is 2. The maximum absolute atomic E-state index is 13.8. The molecule has 33 heavy (non-hydrogen) atoms. The van der Waals surface area contributed by atoms with Gasteiger partial charge < -0.3 is 5.32 Å². The molecule has 0 saturated carbocycles. The summed E-state index contributed by atoms with van der Waals surface area (Å²) in [6.45, 7) is 0.131. The molecule has 1 aliphatic heterocycles. The summed E-state index contributed by atoms with van der Waals surface area (Å²) in [5.41, 5.74) is 1.12. The summed E-state index contributed by atoms with van der Waals surface area (Å²) < 4.78 is 15.6. The molecule has 0 aliphatic carbocycles. The fourth-order valence-electron chi connectivity index (χ4n) is 3.00. The number of aromatic nitrogens is 3. The molecule has 11 heteroatoms. The van der Waals surface area contributed by atoms with Crippen LogP contribution in [0, 0.1) is 5.82 Å². The number of imide groups is 1. The summed E-state index contributed by atoms with van der Waals surface area (Å²) in [6.07, 6.45) is 2.93. The molecule has 0 spiro atoms. The van der Waals surface area contributed by atoms with Gasteiger partial charge in [-0.15, -0.1) is 10.2 Å². The Bertz CT molecular complexity index is 1220. The van der Waals surface area contributed by atoms with E-state index in [0.29, 0.717) is 5.16 Å². The first-order chi connectivity index (χ1) is 16.0. The highest BCUT2D eigenvalue weighted by Gasteiger charge is 2.34.